The number of hydrogen-bond donors (Lipinski definition) is 0. The first-order valence-electron chi connectivity index (χ1n) is 13.5. The molecular weight excluding hydrogens is 527 g/mol. The molecule has 0 saturated carbocycles. The molecule has 4 aromatic rings. The summed E-state index contributed by atoms with van der Waals surface area (Å²) in [7, 11) is 1.54. The number of carbonyl (C=O) groups excluding carboxylic acids is 1. The van der Waals surface area contributed by atoms with E-state index in [0.717, 1.165) is 19.4 Å². The van der Waals surface area contributed by atoms with Crippen LogP contribution in [0, 0.1) is 12.7 Å². The van der Waals surface area contributed by atoms with Gasteiger partial charge < -0.3 is 19.1 Å². The summed E-state index contributed by atoms with van der Waals surface area (Å²) in [6.07, 6.45) is 4.29. The second kappa shape index (κ2) is 11.0. The van der Waals surface area contributed by atoms with Crippen LogP contribution in [0.1, 0.15) is 35.4 Å². The van der Waals surface area contributed by atoms with Gasteiger partial charge in [-0.1, -0.05) is 0 Å². The van der Waals surface area contributed by atoms with Crippen molar-refractivity contribution in [1.82, 2.24) is 14.5 Å². The van der Waals surface area contributed by atoms with Crippen LogP contribution in [0.15, 0.2) is 64.4 Å². The maximum absolute atomic E-state index is 13.4. The number of aromatic nitrogens is 2. The standard InChI is InChI=1S/C31H29FN4O5/c1-19-34-26-11-10-23(15-24(26)31(38)36(19)21-8-6-20(32)7-9-21)40-13-4-14-41-29-17-27-25(16-28(29)39-2)30(37)35-12-3-5-22(35)18-33-27/h6-11,15-18,22H,3-5,12-14H2,1-2H3/t22-/m0/s1. The molecule has 0 N–H and O–H groups in total. The van der Waals surface area contributed by atoms with E-state index >= 15 is 0 Å². The molecule has 1 aromatic heterocycles. The van der Waals surface area contributed by atoms with Crippen molar-refractivity contribution in [2.75, 3.05) is 26.9 Å². The first-order valence-corrected chi connectivity index (χ1v) is 13.5. The summed E-state index contributed by atoms with van der Waals surface area (Å²) in [5.74, 6) is 1.60. The quantitative estimate of drug-likeness (QED) is 0.283. The minimum Gasteiger partial charge on any atom is -0.493 e. The maximum Gasteiger partial charge on any atom is 0.266 e. The fraction of sp³-hybridized carbons (Fsp3) is 0.290. The van der Waals surface area contributed by atoms with Crippen LogP contribution < -0.4 is 19.8 Å². The first kappa shape index (κ1) is 26.5. The fourth-order valence-corrected chi connectivity index (χ4v) is 5.31. The van der Waals surface area contributed by atoms with Gasteiger partial charge in [0.25, 0.3) is 11.5 Å². The van der Waals surface area contributed by atoms with Crippen LogP contribution in [0.3, 0.4) is 0 Å². The van der Waals surface area contributed by atoms with E-state index in [1.54, 1.807) is 56.5 Å². The zero-order chi connectivity index (χ0) is 28.5. The Labute approximate surface area is 235 Å². The molecule has 3 aromatic carbocycles. The smallest absolute Gasteiger partial charge is 0.266 e. The molecule has 1 saturated heterocycles. The van der Waals surface area contributed by atoms with Crippen LogP contribution in [0.5, 0.6) is 17.2 Å². The van der Waals surface area contributed by atoms with Crippen molar-refractivity contribution in [2.24, 2.45) is 4.99 Å². The van der Waals surface area contributed by atoms with Crippen molar-refractivity contribution in [1.29, 1.82) is 0 Å². The normalized spacial score (nSPS) is 15.9. The van der Waals surface area contributed by atoms with Gasteiger partial charge in [-0.2, -0.15) is 0 Å². The Morgan fingerprint density at radius 1 is 1.00 bits per heavy atom. The van der Waals surface area contributed by atoms with Gasteiger partial charge >= 0.3 is 0 Å². The van der Waals surface area contributed by atoms with Gasteiger partial charge in [0, 0.05) is 25.2 Å². The molecule has 2 aliphatic rings. The summed E-state index contributed by atoms with van der Waals surface area (Å²) in [4.78, 5) is 37.3. The summed E-state index contributed by atoms with van der Waals surface area (Å²) in [5, 5.41) is 0.402. The molecule has 2 aliphatic heterocycles. The molecule has 6 rings (SSSR count). The predicted octanol–water partition coefficient (Wildman–Crippen LogP) is 5.01. The van der Waals surface area contributed by atoms with E-state index in [9.17, 15) is 14.0 Å². The van der Waals surface area contributed by atoms with Crippen LogP contribution in [0.4, 0.5) is 10.1 Å². The van der Waals surface area contributed by atoms with Gasteiger partial charge in [-0.15, -0.1) is 0 Å². The Morgan fingerprint density at radius 2 is 1.80 bits per heavy atom. The molecule has 210 valence electrons. The zero-order valence-electron chi connectivity index (χ0n) is 22.8. The number of ether oxygens (including phenoxy) is 3. The van der Waals surface area contributed by atoms with Gasteiger partial charge in [-0.25, -0.2) is 9.37 Å². The average molecular weight is 557 g/mol. The van der Waals surface area contributed by atoms with Crippen LogP contribution >= 0.6 is 0 Å². The van der Waals surface area contributed by atoms with E-state index in [4.69, 9.17) is 14.2 Å². The third-order valence-electron chi connectivity index (χ3n) is 7.37. The van der Waals surface area contributed by atoms with Crippen molar-refractivity contribution in [3.8, 4) is 22.9 Å². The number of nitrogens with zero attached hydrogens (tertiary/aromatic N) is 4. The SMILES string of the molecule is COc1cc2c(cc1OCCCOc1ccc3nc(C)n(-c4ccc(F)cc4)c(=O)c3c1)N=C[C@@H]1CCCN1C2=O. The van der Waals surface area contributed by atoms with Crippen LogP contribution in [0.25, 0.3) is 16.6 Å². The monoisotopic (exact) mass is 556 g/mol. The van der Waals surface area contributed by atoms with Gasteiger partial charge in [0.1, 0.15) is 17.4 Å². The van der Waals surface area contributed by atoms with Crippen molar-refractivity contribution in [3.63, 3.8) is 0 Å². The number of aliphatic imine (C=N–C) groups is 1. The molecule has 1 amide bonds. The average Bonchev–Trinajstić information content (AvgIpc) is 3.41. The molecule has 41 heavy (non-hydrogen) atoms. The number of fused-ring (bicyclic) bond motifs is 3. The molecule has 0 aliphatic carbocycles. The lowest BCUT2D eigenvalue weighted by molar-refractivity contribution is 0.0774. The van der Waals surface area contributed by atoms with Gasteiger partial charge in [0.05, 0.1) is 54.2 Å². The van der Waals surface area contributed by atoms with E-state index < -0.39 is 0 Å². The second-order valence-electron chi connectivity index (χ2n) is 10.0. The van der Waals surface area contributed by atoms with Crippen molar-refractivity contribution >= 4 is 28.7 Å². The lowest BCUT2D eigenvalue weighted by atomic mass is 10.1. The Hall–Kier alpha value is -4.73. The summed E-state index contributed by atoms with van der Waals surface area (Å²) >= 11 is 0. The van der Waals surface area contributed by atoms with Gasteiger partial charge in [-0.05, 0) is 68.3 Å². The lowest BCUT2D eigenvalue weighted by Crippen LogP contribution is -2.35. The Balaban J connectivity index is 1.12. The number of aryl methyl sites for hydroxylation is 1. The molecule has 0 unspecified atom stereocenters. The highest BCUT2D eigenvalue weighted by molar-refractivity contribution is 6.03. The minimum atomic E-state index is -0.378. The molecule has 10 heteroatoms. The first-order chi connectivity index (χ1) is 19.9. The highest BCUT2D eigenvalue weighted by Gasteiger charge is 2.32. The molecule has 0 radical (unpaired) electrons. The summed E-state index contributed by atoms with van der Waals surface area (Å²) in [6.45, 7) is 3.15. The number of carbonyl (C=O) groups is 1. The Bertz CT molecular complexity index is 1720. The third-order valence-corrected chi connectivity index (χ3v) is 7.37. The Morgan fingerprint density at radius 3 is 2.61 bits per heavy atom. The van der Waals surface area contributed by atoms with Crippen LogP contribution in [-0.2, 0) is 0 Å². The molecule has 0 spiro atoms. The number of halogens is 1. The molecule has 1 atom stereocenters. The van der Waals surface area contributed by atoms with Gasteiger partial charge in [-0.3, -0.25) is 19.1 Å². The van der Waals surface area contributed by atoms with Crippen molar-refractivity contribution in [3.05, 3.63) is 82.2 Å². The summed E-state index contributed by atoms with van der Waals surface area (Å²) in [5.41, 5.74) is 1.92. The zero-order valence-corrected chi connectivity index (χ0v) is 22.8. The number of hydrogen-bond acceptors (Lipinski definition) is 7. The van der Waals surface area contributed by atoms with Crippen LogP contribution in [0.2, 0.25) is 0 Å². The third kappa shape index (κ3) is 5.13. The number of amides is 1. The van der Waals surface area contributed by atoms with Gasteiger partial charge in [0.15, 0.2) is 11.5 Å². The fourth-order valence-electron chi connectivity index (χ4n) is 5.31. The highest BCUT2D eigenvalue weighted by atomic mass is 19.1. The van der Waals surface area contributed by atoms with E-state index in [2.05, 4.69) is 9.98 Å². The highest BCUT2D eigenvalue weighted by Crippen LogP contribution is 2.38. The van der Waals surface area contributed by atoms with Gasteiger partial charge in [0.2, 0.25) is 0 Å². The van der Waals surface area contributed by atoms with Crippen LogP contribution in [-0.4, -0.2) is 59.5 Å². The van der Waals surface area contributed by atoms with Crippen molar-refractivity contribution in [2.45, 2.75) is 32.2 Å². The topological polar surface area (TPSA) is 95.2 Å². The van der Waals surface area contributed by atoms with E-state index in [0.29, 0.717) is 70.5 Å². The number of rotatable bonds is 8. The summed E-state index contributed by atoms with van der Waals surface area (Å²) < 4.78 is 32.3. The lowest BCUT2D eigenvalue weighted by Gasteiger charge is -2.20. The molecule has 1 fully saturated rings. The van der Waals surface area contributed by atoms with E-state index in [-0.39, 0.29) is 23.3 Å². The Kier molecular flexibility index (Phi) is 7.13. The van der Waals surface area contributed by atoms with Crippen molar-refractivity contribution < 1.29 is 23.4 Å². The molecule has 9 nitrogen and oxygen atoms in total. The molecule has 0 bridgehead atoms. The molecule has 3 heterocycles. The number of benzene rings is 3. The number of methoxy groups -OCH3 is 1. The van der Waals surface area contributed by atoms with E-state index in [1.807, 2.05) is 11.1 Å². The predicted molar refractivity (Wildman–Crippen MR) is 153 cm³/mol. The summed E-state index contributed by atoms with van der Waals surface area (Å²) in [6, 6.07) is 14.4. The molecular formula is C31H29FN4O5. The minimum absolute atomic E-state index is 0.0307. The maximum atomic E-state index is 13.4. The second-order valence-corrected chi connectivity index (χ2v) is 10.0. The largest absolute Gasteiger partial charge is 0.493 e. The van der Waals surface area contributed by atoms with E-state index in [1.165, 1.54) is 16.7 Å².